The summed E-state index contributed by atoms with van der Waals surface area (Å²) in [6.07, 6.45) is 0. The van der Waals surface area contributed by atoms with E-state index in [0.717, 1.165) is 16.8 Å². The second-order valence-corrected chi connectivity index (χ2v) is 4.30. The number of nitrogens with one attached hydrogen (secondary N) is 2. The second kappa shape index (κ2) is 4.96. The average molecular weight is 251 g/mol. The molecule has 0 spiro atoms. The lowest BCUT2D eigenvalue weighted by atomic mass is 10.4. The van der Waals surface area contributed by atoms with Gasteiger partial charge in [-0.15, -0.1) is 11.3 Å². The predicted octanol–water partition coefficient (Wildman–Crippen LogP) is 1.02. The van der Waals surface area contributed by atoms with Gasteiger partial charge in [-0.2, -0.15) is 4.98 Å². The van der Waals surface area contributed by atoms with Crippen molar-refractivity contribution in [2.45, 2.75) is 6.92 Å². The summed E-state index contributed by atoms with van der Waals surface area (Å²) in [5.41, 5.74) is 5.95. The molecule has 0 aromatic carbocycles. The van der Waals surface area contributed by atoms with E-state index < -0.39 is 5.91 Å². The quantitative estimate of drug-likeness (QED) is 0.737. The van der Waals surface area contributed by atoms with E-state index in [9.17, 15) is 4.79 Å². The summed E-state index contributed by atoms with van der Waals surface area (Å²) in [5.74, 6) is 0.767. The van der Waals surface area contributed by atoms with Crippen molar-refractivity contribution < 1.29 is 4.79 Å². The molecular weight excluding hydrogens is 238 g/mol. The van der Waals surface area contributed by atoms with Crippen LogP contribution in [0.15, 0.2) is 11.4 Å². The molecule has 0 bridgehead atoms. The number of carbonyl (C=O) groups excluding carboxylic acids is 1. The van der Waals surface area contributed by atoms with Gasteiger partial charge in [-0.3, -0.25) is 4.79 Å². The summed E-state index contributed by atoms with van der Waals surface area (Å²) in [4.78, 5) is 19.4. The van der Waals surface area contributed by atoms with Gasteiger partial charge in [0.2, 0.25) is 11.9 Å². The van der Waals surface area contributed by atoms with Crippen molar-refractivity contribution >= 4 is 39.2 Å². The van der Waals surface area contributed by atoms with Gasteiger partial charge < -0.3 is 16.4 Å². The summed E-state index contributed by atoms with van der Waals surface area (Å²) < 4.78 is 0.924. The molecule has 90 valence electrons. The fourth-order valence-corrected chi connectivity index (χ4v) is 2.19. The first-order valence-electron chi connectivity index (χ1n) is 5.22. The van der Waals surface area contributed by atoms with Gasteiger partial charge in [0.15, 0.2) is 0 Å². The van der Waals surface area contributed by atoms with Crippen LogP contribution in [-0.2, 0) is 4.79 Å². The SMILES string of the molecule is CCNc1nc(NCC(N)=O)c2sccc2n1. The summed E-state index contributed by atoms with van der Waals surface area (Å²) in [5, 5.41) is 7.90. The van der Waals surface area contributed by atoms with Crippen LogP contribution in [0.3, 0.4) is 0 Å². The highest BCUT2D eigenvalue weighted by Gasteiger charge is 2.08. The molecular formula is C10H13N5OS. The van der Waals surface area contributed by atoms with Crippen LogP contribution in [0.1, 0.15) is 6.92 Å². The Bertz CT molecular complexity index is 538. The van der Waals surface area contributed by atoms with Gasteiger partial charge in [-0.1, -0.05) is 0 Å². The number of rotatable bonds is 5. The lowest BCUT2D eigenvalue weighted by molar-refractivity contribution is -0.116. The zero-order chi connectivity index (χ0) is 12.3. The first kappa shape index (κ1) is 11.6. The molecule has 0 atom stereocenters. The maximum atomic E-state index is 10.8. The van der Waals surface area contributed by atoms with Crippen molar-refractivity contribution in [1.29, 1.82) is 0 Å². The van der Waals surface area contributed by atoms with Crippen molar-refractivity contribution in [3.05, 3.63) is 11.4 Å². The second-order valence-electron chi connectivity index (χ2n) is 3.38. The minimum atomic E-state index is -0.418. The van der Waals surface area contributed by atoms with Crippen molar-refractivity contribution in [3.63, 3.8) is 0 Å². The number of primary amides is 1. The topological polar surface area (TPSA) is 92.9 Å². The summed E-state index contributed by atoms with van der Waals surface area (Å²) >= 11 is 1.53. The van der Waals surface area contributed by atoms with Gasteiger partial charge in [0.1, 0.15) is 5.82 Å². The minimum absolute atomic E-state index is 0.0651. The maximum absolute atomic E-state index is 10.8. The molecule has 0 aliphatic carbocycles. The zero-order valence-corrected chi connectivity index (χ0v) is 10.2. The molecule has 0 radical (unpaired) electrons. The fourth-order valence-electron chi connectivity index (χ4n) is 1.39. The van der Waals surface area contributed by atoms with Crippen LogP contribution in [0.5, 0.6) is 0 Å². The Balaban J connectivity index is 2.36. The van der Waals surface area contributed by atoms with Crippen molar-refractivity contribution in [3.8, 4) is 0 Å². The molecule has 2 aromatic rings. The van der Waals surface area contributed by atoms with E-state index >= 15 is 0 Å². The van der Waals surface area contributed by atoms with Gasteiger partial charge in [0.25, 0.3) is 0 Å². The number of hydrogen-bond acceptors (Lipinski definition) is 6. The van der Waals surface area contributed by atoms with Crippen LogP contribution in [0, 0.1) is 0 Å². The Hall–Kier alpha value is -1.89. The Morgan fingerprint density at radius 2 is 2.29 bits per heavy atom. The highest BCUT2D eigenvalue weighted by molar-refractivity contribution is 7.17. The Morgan fingerprint density at radius 1 is 1.47 bits per heavy atom. The Labute approximate surface area is 102 Å². The van der Waals surface area contributed by atoms with Crippen LogP contribution in [0.2, 0.25) is 0 Å². The molecule has 2 aromatic heterocycles. The van der Waals surface area contributed by atoms with E-state index in [-0.39, 0.29) is 6.54 Å². The number of anilines is 2. The summed E-state index contributed by atoms with van der Waals surface area (Å²) in [7, 11) is 0. The lowest BCUT2D eigenvalue weighted by Gasteiger charge is -2.07. The number of hydrogen-bond donors (Lipinski definition) is 3. The van der Waals surface area contributed by atoms with E-state index in [4.69, 9.17) is 5.73 Å². The van der Waals surface area contributed by atoms with Crippen LogP contribution in [-0.4, -0.2) is 29.0 Å². The monoisotopic (exact) mass is 251 g/mol. The van der Waals surface area contributed by atoms with Gasteiger partial charge in [0, 0.05) is 6.54 Å². The molecule has 0 fully saturated rings. The normalized spacial score (nSPS) is 10.4. The third-order valence-electron chi connectivity index (χ3n) is 2.07. The smallest absolute Gasteiger partial charge is 0.236 e. The highest BCUT2D eigenvalue weighted by Crippen LogP contribution is 2.26. The van der Waals surface area contributed by atoms with Gasteiger partial charge in [0.05, 0.1) is 16.8 Å². The van der Waals surface area contributed by atoms with E-state index in [1.807, 2.05) is 18.4 Å². The number of nitrogens with zero attached hydrogens (tertiary/aromatic N) is 2. The number of amides is 1. The molecule has 2 heterocycles. The van der Waals surface area contributed by atoms with E-state index in [1.54, 1.807) is 0 Å². The van der Waals surface area contributed by atoms with Gasteiger partial charge in [-0.25, -0.2) is 4.98 Å². The van der Waals surface area contributed by atoms with E-state index in [1.165, 1.54) is 11.3 Å². The van der Waals surface area contributed by atoms with E-state index in [0.29, 0.717) is 11.8 Å². The number of aromatic nitrogens is 2. The number of fused-ring (bicyclic) bond motifs is 1. The molecule has 7 heteroatoms. The molecule has 0 saturated carbocycles. The third kappa shape index (κ3) is 2.62. The maximum Gasteiger partial charge on any atom is 0.236 e. The third-order valence-corrected chi connectivity index (χ3v) is 2.98. The number of thiophene rings is 1. The molecule has 0 saturated heterocycles. The molecule has 0 unspecified atom stereocenters. The van der Waals surface area contributed by atoms with Crippen LogP contribution in [0.25, 0.3) is 10.2 Å². The van der Waals surface area contributed by atoms with Crippen LogP contribution >= 0.6 is 11.3 Å². The van der Waals surface area contributed by atoms with Crippen molar-refractivity contribution in [1.82, 2.24) is 9.97 Å². The number of carbonyl (C=O) groups is 1. The molecule has 4 N–H and O–H groups in total. The zero-order valence-electron chi connectivity index (χ0n) is 9.36. The summed E-state index contributed by atoms with van der Waals surface area (Å²) in [6.45, 7) is 2.78. The first-order valence-corrected chi connectivity index (χ1v) is 6.10. The highest BCUT2D eigenvalue weighted by atomic mass is 32.1. The molecule has 0 aliphatic rings. The van der Waals surface area contributed by atoms with Crippen molar-refractivity contribution in [2.24, 2.45) is 5.73 Å². The standard InChI is InChI=1S/C10H13N5OS/c1-2-12-10-14-6-3-4-17-8(6)9(15-10)13-5-7(11)16/h3-4H,2,5H2,1H3,(H2,11,16)(H2,12,13,14,15). The fraction of sp³-hybridized carbons (Fsp3) is 0.300. The summed E-state index contributed by atoms with van der Waals surface area (Å²) in [6, 6.07) is 1.91. The average Bonchev–Trinajstić information content (AvgIpc) is 2.74. The number of nitrogens with two attached hydrogens (primary N) is 1. The molecule has 17 heavy (non-hydrogen) atoms. The Kier molecular flexibility index (Phi) is 3.38. The predicted molar refractivity (Wildman–Crippen MR) is 69.3 cm³/mol. The first-order chi connectivity index (χ1) is 8.20. The minimum Gasteiger partial charge on any atom is -0.368 e. The Morgan fingerprint density at radius 3 is 3.00 bits per heavy atom. The van der Waals surface area contributed by atoms with Crippen LogP contribution in [0.4, 0.5) is 11.8 Å². The molecule has 1 amide bonds. The largest absolute Gasteiger partial charge is 0.368 e. The molecule has 6 nitrogen and oxygen atoms in total. The van der Waals surface area contributed by atoms with Crippen molar-refractivity contribution in [2.75, 3.05) is 23.7 Å². The van der Waals surface area contributed by atoms with Gasteiger partial charge in [-0.05, 0) is 18.4 Å². The van der Waals surface area contributed by atoms with E-state index in [2.05, 4.69) is 20.6 Å². The molecule has 2 rings (SSSR count). The molecule has 0 aliphatic heterocycles. The lowest BCUT2D eigenvalue weighted by Crippen LogP contribution is -2.22. The van der Waals surface area contributed by atoms with Gasteiger partial charge >= 0.3 is 0 Å². The van der Waals surface area contributed by atoms with Crippen LogP contribution < -0.4 is 16.4 Å².